The number of carboxylic acid groups (broad SMARTS) is 1. The fourth-order valence-electron chi connectivity index (χ4n) is 0.282. The first-order chi connectivity index (χ1) is 4.09. The lowest BCUT2D eigenvalue weighted by molar-refractivity contribution is -0.144. The van der Waals surface area contributed by atoms with Gasteiger partial charge in [0.1, 0.15) is 0 Å². The predicted octanol–water partition coefficient (Wildman–Crippen LogP) is 0.163. The molecule has 0 aliphatic heterocycles. The van der Waals surface area contributed by atoms with Gasteiger partial charge in [-0.3, -0.25) is 0 Å². The lowest BCUT2D eigenvalue weighted by atomic mass is 10.2. The maximum Gasteiger partial charge on any atom is 0.337 e. The van der Waals surface area contributed by atoms with Crippen LogP contribution in [0.25, 0.3) is 0 Å². The van der Waals surface area contributed by atoms with E-state index in [1.54, 1.807) is 0 Å². The number of hydrogen-bond acceptors (Lipinski definition) is 2. The molecule has 0 aromatic rings. The maximum absolute atomic E-state index is 9.96. The summed E-state index contributed by atoms with van der Waals surface area (Å²) in [5.41, 5.74) is 2.51. The zero-order valence-corrected chi connectivity index (χ0v) is 5.09. The largest absolute Gasteiger partial charge is 0.479 e. The molecule has 2 N–H and O–H groups in total. The molecular formula is C6H8O3. The number of aliphatic carboxylic acids is 1. The van der Waals surface area contributed by atoms with Gasteiger partial charge in [-0.1, -0.05) is 6.58 Å². The van der Waals surface area contributed by atoms with Crippen LogP contribution in [0, 0.1) is 0 Å². The van der Waals surface area contributed by atoms with Crippen LogP contribution in [0.5, 0.6) is 0 Å². The van der Waals surface area contributed by atoms with Crippen LogP contribution < -0.4 is 0 Å². The molecule has 1 unspecified atom stereocenters. The second-order valence-electron chi connectivity index (χ2n) is 1.60. The molecule has 3 heteroatoms. The van der Waals surface area contributed by atoms with Crippen LogP contribution >= 0.6 is 0 Å². The highest BCUT2D eigenvalue weighted by Crippen LogP contribution is 1.96. The molecule has 0 bridgehead atoms. The van der Waals surface area contributed by atoms with E-state index in [0.717, 1.165) is 0 Å². The average molecular weight is 128 g/mol. The van der Waals surface area contributed by atoms with Crippen molar-refractivity contribution in [2.75, 3.05) is 0 Å². The molecule has 0 saturated heterocycles. The van der Waals surface area contributed by atoms with E-state index >= 15 is 0 Å². The molecule has 0 fully saturated rings. The fourth-order valence-corrected chi connectivity index (χ4v) is 0.282. The molecule has 0 aromatic heterocycles. The minimum Gasteiger partial charge on any atom is -0.479 e. The lowest BCUT2D eigenvalue weighted by Gasteiger charge is -2.00. The summed E-state index contributed by atoms with van der Waals surface area (Å²) in [5, 5.41) is 16.8. The molecule has 0 spiro atoms. The van der Waals surface area contributed by atoms with E-state index in [2.05, 4.69) is 12.3 Å². The molecule has 50 valence electrons. The molecule has 0 radical (unpaired) electrons. The van der Waals surface area contributed by atoms with Gasteiger partial charge in [0.05, 0.1) is 0 Å². The van der Waals surface area contributed by atoms with Crippen LogP contribution in [-0.4, -0.2) is 22.3 Å². The third-order valence-electron chi connectivity index (χ3n) is 0.923. The van der Waals surface area contributed by atoms with Crippen molar-refractivity contribution in [1.29, 1.82) is 0 Å². The fraction of sp³-hybridized carbons (Fsp3) is 0.333. The SMILES string of the molecule is C=C=C(C)C(O)C(=O)O. The minimum absolute atomic E-state index is 0.225. The highest BCUT2D eigenvalue weighted by atomic mass is 16.4. The second-order valence-corrected chi connectivity index (χ2v) is 1.60. The van der Waals surface area contributed by atoms with Crippen LogP contribution in [-0.2, 0) is 4.79 Å². The van der Waals surface area contributed by atoms with Gasteiger partial charge in [-0.2, -0.15) is 0 Å². The summed E-state index contributed by atoms with van der Waals surface area (Å²) in [7, 11) is 0. The minimum atomic E-state index is -1.46. The van der Waals surface area contributed by atoms with Crippen molar-refractivity contribution in [3.05, 3.63) is 17.9 Å². The number of hydrogen-bond donors (Lipinski definition) is 2. The standard InChI is InChI=1S/C6H8O3/c1-3-4(2)5(7)6(8)9/h5,7H,1H2,2H3,(H,8,9). The van der Waals surface area contributed by atoms with E-state index in [1.165, 1.54) is 6.92 Å². The molecule has 0 aromatic carbocycles. The zero-order valence-electron chi connectivity index (χ0n) is 5.09. The van der Waals surface area contributed by atoms with Crippen molar-refractivity contribution in [2.45, 2.75) is 13.0 Å². The number of carboxylic acids is 1. The lowest BCUT2D eigenvalue weighted by Crippen LogP contribution is -2.19. The number of aliphatic hydroxyl groups excluding tert-OH is 1. The summed E-state index contributed by atoms with van der Waals surface area (Å²) in [5.74, 6) is -1.27. The van der Waals surface area contributed by atoms with Gasteiger partial charge in [-0.25, -0.2) is 4.79 Å². The Morgan fingerprint density at radius 1 is 1.78 bits per heavy atom. The third-order valence-corrected chi connectivity index (χ3v) is 0.923. The van der Waals surface area contributed by atoms with Gasteiger partial charge >= 0.3 is 5.97 Å². The van der Waals surface area contributed by atoms with Crippen molar-refractivity contribution in [1.82, 2.24) is 0 Å². The van der Waals surface area contributed by atoms with Gasteiger partial charge < -0.3 is 10.2 Å². The van der Waals surface area contributed by atoms with Gasteiger partial charge in [0, 0.05) is 5.57 Å². The van der Waals surface area contributed by atoms with E-state index in [9.17, 15) is 4.79 Å². The Kier molecular flexibility index (Phi) is 2.71. The predicted molar refractivity (Wildman–Crippen MR) is 32.0 cm³/mol. The van der Waals surface area contributed by atoms with Gasteiger partial charge in [0.15, 0.2) is 6.10 Å². The van der Waals surface area contributed by atoms with E-state index in [4.69, 9.17) is 10.2 Å². The summed E-state index contributed by atoms with van der Waals surface area (Å²) in [6.07, 6.45) is -1.46. The van der Waals surface area contributed by atoms with Crippen molar-refractivity contribution < 1.29 is 15.0 Å². The van der Waals surface area contributed by atoms with Crippen LogP contribution in [0.4, 0.5) is 0 Å². The molecule has 0 amide bonds. The van der Waals surface area contributed by atoms with E-state index in [-0.39, 0.29) is 5.57 Å². The second kappa shape index (κ2) is 3.07. The Bertz CT molecular complexity index is 165. The van der Waals surface area contributed by atoms with Crippen molar-refractivity contribution in [2.24, 2.45) is 0 Å². The molecule has 0 aliphatic carbocycles. The smallest absolute Gasteiger partial charge is 0.337 e. The maximum atomic E-state index is 9.96. The normalized spacial score (nSPS) is 11.8. The molecule has 9 heavy (non-hydrogen) atoms. The van der Waals surface area contributed by atoms with Gasteiger partial charge in [0.2, 0.25) is 0 Å². The Morgan fingerprint density at radius 3 is 2.33 bits per heavy atom. The number of carbonyl (C=O) groups is 1. The van der Waals surface area contributed by atoms with Crippen LogP contribution in [0.3, 0.4) is 0 Å². The third kappa shape index (κ3) is 2.13. The molecule has 3 nitrogen and oxygen atoms in total. The Balaban J connectivity index is 4.21. The Morgan fingerprint density at radius 2 is 2.22 bits per heavy atom. The summed E-state index contributed by atoms with van der Waals surface area (Å²) in [4.78, 5) is 9.96. The van der Waals surface area contributed by atoms with Crippen molar-refractivity contribution in [3.63, 3.8) is 0 Å². The first-order valence-corrected chi connectivity index (χ1v) is 2.37. The average Bonchev–Trinajstić information content (AvgIpc) is 1.84. The first kappa shape index (κ1) is 7.95. The highest BCUT2D eigenvalue weighted by Gasteiger charge is 2.13. The van der Waals surface area contributed by atoms with Gasteiger partial charge in [-0.15, -0.1) is 5.73 Å². The number of rotatable bonds is 2. The van der Waals surface area contributed by atoms with Crippen molar-refractivity contribution >= 4 is 5.97 Å². The Labute approximate surface area is 52.9 Å². The molecule has 1 atom stereocenters. The van der Waals surface area contributed by atoms with Gasteiger partial charge in [-0.05, 0) is 6.92 Å². The summed E-state index contributed by atoms with van der Waals surface area (Å²) >= 11 is 0. The van der Waals surface area contributed by atoms with E-state index < -0.39 is 12.1 Å². The van der Waals surface area contributed by atoms with Crippen LogP contribution in [0.2, 0.25) is 0 Å². The quantitative estimate of drug-likeness (QED) is 0.521. The monoisotopic (exact) mass is 128 g/mol. The zero-order chi connectivity index (χ0) is 7.44. The summed E-state index contributed by atoms with van der Waals surface area (Å²) in [6, 6.07) is 0. The molecular weight excluding hydrogens is 120 g/mol. The van der Waals surface area contributed by atoms with Crippen LogP contribution in [0.15, 0.2) is 17.9 Å². The van der Waals surface area contributed by atoms with Crippen LogP contribution in [0.1, 0.15) is 6.92 Å². The topological polar surface area (TPSA) is 57.5 Å². The Hall–Kier alpha value is -1.05. The number of aliphatic hydroxyl groups is 1. The molecule has 0 aliphatic rings. The first-order valence-electron chi connectivity index (χ1n) is 2.37. The van der Waals surface area contributed by atoms with E-state index in [0.29, 0.717) is 0 Å². The van der Waals surface area contributed by atoms with Gasteiger partial charge in [0.25, 0.3) is 0 Å². The summed E-state index contributed by atoms with van der Waals surface area (Å²) < 4.78 is 0. The molecule has 0 saturated carbocycles. The van der Waals surface area contributed by atoms with E-state index in [1.807, 2.05) is 0 Å². The summed E-state index contributed by atoms with van der Waals surface area (Å²) in [6.45, 7) is 4.63. The molecule has 0 rings (SSSR count). The highest BCUT2D eigenvalue weighted by molar-refractivity contribution is 5.75. The van der Waals surface area contributed by atoms with Crippen molar-refractivity contribution in [3.8, 4) is 0 Å². The molecule has 0 heterocycles.